The molecule has 1 aromatic heterocycles. The van der Waals surface area contributed by atoms with Crippen molar-refractivity contribution in [3.05, 3.63) is 47.9 Å². The molecular weight excluding hydrogens is 336 g/mol. The zero-order valence-electron chi connectivity index (χ0n) is 15.4. The zero-order valence-corrected chi connectivity index (χ0v) is 15.4. The molecule has 7 nitrogen and oxygen atoms in total. The Morgan fingerprint density at radius 2 is 1.77 bits per heavy atom. The van der Waals surface area contributed by atoms with Crippen molar-refractivity contribution in [2.24, 2.45) is 5.92 Å². The van der Waals surface area contributed by atoms with E-state index in [4.69, 9.17) is 13.9 Å². The van der Waals surface area contributed by atoms with Crippen LogP contribution >= 0.6 is 0 Å². The quantitative estimate of drug-likeness (QED) is 0.754. The van der Waals surface area contributed by atoms with Gasteiger partial charge < -0.3 is 24.5 Å². The molecule has 0 aliphatic rings. The number of nitrogens with one attached hydrogen (secondary N) is 2. The first-order valence-electron chi connectivity index (χ1n) is 8.27. The minimum atomic E-state index is -0.674. The van der Waals surface area contributed by atoms with Gasteiger partial charge in [0.25, 0.3) is 5.91 Å². The topological polar surface area (TPSA) is 89.8 Å². The van der Waals surface area contributed by atoms with Crippen molar-refractivity contribution < 1.29 is 23.5 Å². The molecule has 1 unspecified atom stereocenters. The summed E-state index contributed by atoms with van der Waals surface area (Å²) in [5, 5.41) is 5.59. The molecule has 0 saturated carbocycles. The Kier molecular flexibility index (Phi) is 6.66. The predicted molar refractivity (Wildman–Crippen MR) is 96.2 cm³/mol. The number of hydrogen-bond donors (Lipinski definition) is 2. The number of amides is 2. The fourth-order valence-corrected chi connectivity index (χ4v) is 2.39. The van der Waals surface area contributed by atoms with E-state index in [0.29, 0.717) is 23.6 Å². The molecule has 0 aliphatic carbocycles. The van der Waals surface area contributed by atoms with E-state index in [-0.39, 0.29) is 17.7 Å². The minimum absolute atomic E-state index is 0.0872. The zero-order chi connectivity index (χ0) is 19.1. The lowest BCUT2D eigenvalue weighted by Gasteiger charge is -2.22. The molecule has 2 amide bonds. The van der Waals surface area contributed by atoms with Crippen LogP contribution in [0.2, 0.25) is 0 Å². The van der Waals surface area contributed by atoms with Crippen LogP contribution in [0.5, 0.6) is 11.5 Å². The Hall–Kier alpha value is -2.96. The van der Waals surface area contributed by atoms with Crippen LogP contribution in [0.25, 0.3) is 0 Å². The molecule has 0 saturated heterocycles. The molecule has 2 N–H and O–H groups in total. The molecule has 26 heavy (non-hydrogen) atoms. The van der Waals surface area contributed by atoms with Crippen LogP contribution in [0.3, 0.4) is 0 Å². The summed E-state index contributed by atoms with van der Waals surface area (Å²) in [6.07, 6.45) is 3.10. The average Bonchev–Trinajstić information content (AvgIpc) is 3.16. The van der Waals surface area contributed by atoms with Gasteiger partial charge in [-0.15, -0.1) is 0 Å². The molecule has 2 rings (SSSR count). The fraction of sp³-hybridized carbons (Fsp3) is 0.368. The summed E-state index contributed by atoms with van der Waals surface area (Å²) in [7, 11) is 3.02. The van der Waals surface area contributed by atoms with Gasteiger partial charge in [-0.1, -0.05) is 13.8 Å². The standard InChI is InChI=1S/C19H24N2O5/c1-12(2)17(19(23)20-10-13-5-6-26-11-13)21-18(22)14-7-15(24-3)9-16(8-14)25-4/h5-9,11-12,17H,10H2,1-4H3,(H,20,23)(H,21,22). The number of ether oxygens (including phenoxy) is 2. The average molecular weight is 360 g/mol. The highest BCUT2D eigenvalue weighted by molar-refractivity contribution is 5.98. The summed E-state index contributed by atoms with van der Waals surface area (Å²) >= 11 is 0. The van der Waals surface area contributed by atoms with E-state index < -0.39 is 6.04 Å². The minimum Gasteiger partial charge on any atom is -0.497 e. The molecule has 140 valence electrons. The number of rotatable bonds is 8. The third-order valence-corrected chi connectivity index (χ3v) is 3.90. The maximum absolute atomic E-state index is 12.6. The Bertz CT molecular complexity index is 718. The Balaban J connectivity index is 2.08. The second-order valence-electron chi connectivity index (χ2n) is 6.15. The van der Waals surface area contributed by atoms with Gasteiger partial charge in [-0.05, 0) is 24.1 Å². The summed E-state index contributed by atoms with van der Waals surface area (Å²) in [5.74, 6) is 0.277. The number of furan rings is 1. The monoisotopic (exact) mass is 360 g/mol. The van der Waals surface area contributed by atoms with Crippen LogP contribution in [0.1, 0.15) is 29.8 Å². The fourth-order valence-electron chi connectivity index (χ4n) is 2.39. The van der Waals surface area contributed by atoms with Crippen LogP contribution in [-0.2, 0) is 11.3 Å². The molecule has 1 heterocycles. The Labute approximate surface area is 152 Å². The highest BCUT2D eigenvalue weighted by atomic mass is 16.5. The highest BCUT2D eigenvalue weighted by Crippen LogP contribution is 2.22. The molecule has 2 aromatic rings. The summed E-state index contributed by atoms with van der Waals surface area (Å²) in [6, 6.07) is 5.96. The van der Waals surface area contributed by atoms with E-state index in [1.807, 2.05) is 13.8 Å². The molecule has 0 radical (unpaired) electrons. The second-order valence-corrected chi connectivity index (χ2v) is 6.15. The lowest BCUT2D eigenvalue weighted by atomic mass is 10.0. The molecule has 1 aromatic carbocycles. The van der Waals surface area contributed by atoms with Crippen molar-refractivity contribution in [2.75, 3.05) is 14.2 Å². The van der Waals surface area contributed by atoms with Crippen molar-refractivity contribution >= 4 is 11.8 Å². The van der Waals surface area contributed by atoms with Crippen LogP contribution in [0.4, 0.5) is 0 Å². The number of carbonyl (C=O) groups is 2. The normalized spacial score (nSPS) is 11.7. The van der Waals surface area contributed by atoms with Crippen LogP contribution < -0.4 is 20.1 Å². The van der Waals surface area contributed by atoms with Gasteiger partial charge in [0.15, 0.2) is 0 Å². The van der Waals surface area contributed by atoms with Gasteiger partial charge in [-0.3, -0.25) is 9.59 Å². The van der Waals surface area contributed by atoms with E-state index in [2.05, 4.69) is 10.6 Å². The molecule has 0 fully saturated rings. The maximum Gasteiger partial charge on any atom is 0.252 e. The van der Waals surface area contributed by atoms with Gasteiger partial charge in [-0.2, -0.15) is 0 Å². The molecular formula is C19H24N2O5. The summed E-state index contributed by atoms with van der Waals surface area (Å²) in [4.78, 5) is 25.1. The van der Waals surface area contributed by atoms with Gasteiger partial charge in [-0.25, -0.2) is 0 Å². The van der Waals surface area contributed by atoms with Crippen molar-refractivity contribution in [1.82, 2.24) is 10.6 Å². The third-order valence-electron chi connectivity index (χ3n) is 3.90. The lowest BCUT2D eigenvalue weighted by Crippen LogP contribution is -2.49. The number of benzene rings is 1. The first kappa shape index (κ1) is 19.4. The molecule has 0 bridgehead atoms. The first-order chi connectivity index (χ1) is 12.4. The van der Waals surface area contributed by atoms with Gasteiger partial charge in [0.05, 0.1) is 26.7 Å². The maximum atomic E-state index is 12.6. The van der Waals surface area contributed by atoms with E-state index in [1.54, 1.807) is 36.8 Å². The lowest BCUT2D eigenvalue weighted by molar-refractivity contribution is -0.124. The first-order valence-corrected chi connectivity index (χ1v) is 8.27. The van der Waals surface area contributed by atoms with Gasteiger partial charge in [0, 0.05) is 23.7 Å². The Morgan fingerprint density at radius 3 is 2.27 bits per heavy atom. The second kappa shape index (κ2) is 8.94. The third kappa shape index (κ3) is 5.02. The number of carbonyl (C=O) groups excluding carboxylic acids is 2. The molecule has 1 atom stereocenters. The molecule has 0 aliphatic heterocycles. The van der Waals surface area contributed by atoms with Crippen molar-refractivity contribution in [2.45, 2.75) is 26.4 Å². The summed E-state index contributed by atoms with van der Waals surface area (Å²) in [5.41, 5.74) is 1.21. The number of hydrogen-bond acceptors (Lipinski definition) is 5. The summed E-state index contributed by atoms with van der Waals surface area (Å²) < 4.78 is 15.3. The number of methoxy groups -OCH3 is 2. The molecule has 0 spiro atoms. The van der Waals surface area contributed by atoms with Gasteiger partial charge in [0.2, 0.25) is 5.91 Å². The van der Waals surface area contributed by atoms with Gasteiger partial charge >= 0.3 is 0 Å². The van der Waals surface area contributed by atoms with Crippen molar-refractivity contribution in [1.29, 1.82) is 0 Å². The van der Waals surface area contributed by atoms with Gasteiger partial charge in [0.1, 0.15) is 17.5 Å². The smallest absolute Gasteiger partial charge is 0.252 e. The van der Waals surface area contributed by atoms with E-state index >= 15 is 0 Å². The largest absolute Gasteiger partial charge is 0.497 e. The van der Waals surface area contributed by atoms with E-state index in [9.17, 15) is 9.59 Å². The van der Waals surface area contributed by atoms with E-state index in [0.717, 1.165) is 5.56 Å². The molecule has 7 heteroatoms. The van der Waals surface area contributed by atoms with Crippen LogP contribution in [-0.4, -0.2) is 32.1 Å². The highest BCUT2D eigenvalue weighted by Gasteiger charge is 2.25. The summed E-state index contributed by atoms with van der Waals surface area (Å²) in [6.45, 7) is 4.07. The van der Waals surface area contributed by atoms with Crippen molar-refractivity contribution in [3.8, 4) is 11.5 Å². The van der Waals surface area contributed by atoms with Crippen LogP contribution in [0.15, 0.2) is 41.2 Å². The van der Waals surface area contributed by atoms with Crippen molar-refractivity contribution in [3.63, 3.8) is 0 Å². The van der Waals surface area contributed by atoms with Crippen LogP contribution in [0, 0.1) is 5.92 Å². The predicted octanol–water partition coefficient (Wildman–Crippen LogP) is 2.37. The SMILES string of the molecule is COc1cc(OC)cc(C(=O)NC(C(=O)NCc2ccoc2)C(C)C)c1. The Morgan fingerprint density at radius 1 is 1.12 bits per heavy atom. The van der Waals surface area contributed by atoms with E-state index in [1.165, 1.54) is 14.2 Å².